The van der Waals surface area contributed by atoms with Crippen LogP contribution >= 0.6 is 0 Å². The molecule has 0 spiro atoms. The van der Waals surface area contributed by atoms with Gasteiger partial charge >= 0.3 is 5.97 Å². The van der Waals surface area contributed by atoms with Gasteiger partial charge in [0.2, 0.25) is 29.5 Å². The molecule has 0 aromatic carbocycles. The van der Waals surface area contributed by atoms with E-state index < -0.39 is 5.97 Å². The third kappa shape index (κ3) is 6.32. The third-order valence-corrected chi connectivity index (χ3v) is 3.46. The number of aliphatic carboxylic acids is 1. The van der Waals surface area contributed by atoms with Crippen LogP contribution in [-0.4, -0.2) is 55.4 Å². The monoisotopic (exact) mass is 351 g/mol. The van der Waals surface area contributed by atoms with Crippen molar-refractivity contribution in [2.45, 2.75) is 46.0 Å². The molecule has 2 heterocycles. The Bertz CT molecular complexity index is 666. The minimum atomic E-state index is -0.915. The first-order valence-corrected chi connectivity index (χ1v) is 8.01. The minimum Gasteiger partial charge on any atom is -0.481 e. The number of aryl methyl sites for hydroxylation is 2. The van der Waals surface area contributed by atoms with Crippen LogP contribution in [0.1, 0.15) is 42.8 Å². The molecule has 2 aromatic rings. The topological polar surface area (TPSA) is 135 Å². The lowest BCUT2D eigenvalue weighted by atomic mass is 10.2. The van der Waals surface area contributed by atoms with E-state index >= 15 is 0 Å². The van der Waals surface area contributed by atoms with Crippen molar-refractivity contribution < 1.29 is 23.5 Å². The number of carbonyl (C=O) groups is 2. The number of aromatic nitrogens is 4. The van der Waals surface area contributed by atoms with Gasteiger partial charge in [-0.3, -0.25) is 9.59 Å². The van der Waals surface area contributed by atoms with E-state index in [1.54, 1.807) is 18.7 Å². The zero-order chi connectivity index (χ0) is 18.2. The van der Waals surface area contributed by atoms with Crippen LogP contribution in [-0.2, 0) is 22.4 Å². The Hall–Kier alpha value is -2.78. The molecule has 136 valence electrons. The van der Waals surface area contributed by atoms with E-state index in [1.807, 2.05) is 0 Å². The summed E-state index contributed by atoms with van der Waals surface area (Å²) in [7, 11) is 0. The van der Waals surface area contributed by atoms with Gasteiger partial charge in [0.1, 0.15) is 0 Å². The van der Waals surface area contributed by atoms with Crippen molar-refractivity contribution in [2.24, 2.45) is 0 Å². The molecule has 0 bridgehead atoms. The van der Waals surface area contributed by atoms with Crippen molar-refractivity contribution in [3.05, 3.63) is 23.6 Å². The van der Waals surface area contributed by atoms with Gasteiger partial charge in [-0.05, 0) is 6.42 Å². The first kappa shape index (κ1) is 18.6. The van der Waals surface area contributed by atoms with Gasteiger partial charge in [0, 0.05) is 52.6 Å². The Labute approximate surface area is 144 Å². The molecule has 10 nitrogen and oxygen atoms in total. The fraction of sp³-hybridized carbons (Fsp3) is 0.600. The lowest BCUT2D eigenvalue weighted by Crippen LogP contribution is -2.34. The molecule has 0 aliphatic carbocycles. The SMILES string of the molecule is Cc1nnc(CCN(CCc2nnc(C)o2)C(=O)CCCC(=O)O)o1. The molecule has 0 aliphatic heterocycles. The number of carbonyl (C=O) groups excluding carboxylic acids is 1. The molecule has 0 atom stereocenters. The summed E-state index contributed by atoms with van der Waals surface area (Å²) in [4.78, 5) is 24.6. The Balaban J connectivity index is 1.91. The van der Waals surface area contributed by atoms with Crippen LogP contribution in [0.15, 0.2) is 8.83 Å². The molecular formula is C15H21N5O5. The van der Waals surface area contributed by atoms with E-state index in [0.29, 0.717) is 55.9 Å². The van der Waals surface area contributed by atoms with Gasteiger partial charge in [0.25, 0.3) is 0 Å². The molecule has 0 fully saturated rings. The van der Waals surface area contributed by atoms with E-state index in [9.17, 15) is 9.59 Å². The zero-order valence-electron chi connectivity index (χ0n) is 14.3. The molecule has 2 aromatic heterocycles. The molecule has 1 N–H and O–H groups in total. The second-order valence-corrected chi connectivity index (χ2v) is 5.56. The minimum absolute atomic E-state index is 0.0364. The molecular weight excluding hydrogens is 330 g/mol. The predicted molar refractivity (Wildman–Crippen MR) is 83.5 cm³/mol. The Morgan fingerprint density at radius 2 is 1.44 bits per heavy atom. The van der Waals surface area contributed by atoms with Crippen LogP contribution in [0.5, 0.6) is 0 Å². The molecule has 2 rings (SSSR count). The van der Waals surface area contributed by atoms with Gasteiger partial charge in [-0.25, -0.2) is 0 Å². The number of hydrogen-bond donors (Lipinski definition) is 1. The van der Waals surface area contributed by atoms with Gasteiger partial charge in [-0.2, -0.15) is 0 Å². The van der Waals surface area contributed by atoms with Gasteiger partial charge < -0.3 is 18.8 Å². The molecule has 25 heavy (non-hydrogen) atoms. The largest absolute Gasteiger partial charge is 0.481 e. The van der Waals surface area contributed by atoms with Crippen LogP contribution in [0, 0.1) is 13.8 Å². The summed E-state index contributed by atoms with van der Waals surface area (Å²) in [5.41, 5.74) is 0. The summed E-state index contributed by atoms with van der Waals surface area (Å²) >= 11 is 0. The molecule has 0 saturated carbocycles. The van der Waals surface area contributed by atoms with Gasteiger partial charge in [0.15, 0.2) is 0 Å². The lowest BCUT2D eigenvalue weighted by molar-refractivity contribution is -0.137. The van der Waals surface area contributed by atoms with Crippen LogP contribution < -0.4 is 0 Å². The molecule has 0 aliphatic rings. The average Bonchev–Trinajstić information content (AvgIpc) is 3.15. The maximum Gasteiger partial charge on any atom is 0.303 e. The maximum absolute atomic E-state index is 12.4. The van der Waals surface area contributed by atoms with Crippen LogP contribution in [0.25, 0.3) is 0 Å². The second kappa shape index (κ2) is 8.90. The van der Waals surface area contributed by atoms with Crippen LogP contribution in [0.2, 0.25) is 0 Å². The average molecular weight is 351 g/mol. The fourth-order valence-electron chi connectivity index (χ4n) is 2.25. The summed E-state index contributed by atoms with van der Waals surface area (Å²) in [5, 5.41) is 24.0. The highest BCUT2D eigenvalue weighted by molar-refractivity contribution is 5.77. The van der Waals surface area contributed by atoms with Gasteiger partial charge in [-0.15, -0.1) is 20.4 Å². The van der Waals surface area contributed by atoms with Gasteiger partial charge in [0.05, 0.1) is 0 Å². The quantitative estimate of drug-likeness (QED) is 0.663. The standard InChI is InChI=1S/C15H21N5O5/c1-10-16-18-12(24-10)6-8-20(14(21)4-3-5-15(22)23)9-7-13-19-17-11(2)25-13/h3-9H2,1-2H3,(H,22,23). The summed E-state index contributed by atoms with van der Waals surface area (Å²) in [6, 6.07) is 0. The number of rotatable bonds is 10. The molecule has 0 saturated heterocycles. The summed E-state index contributed by atoms with van der Waals surface area (Å²) in [6.45, 7) is 4.17. The Morgan fingerprint density at radius 1 is 0.920 bits per heavy atom. The van der Waals surface area contributed by atoms with E-state index in [1.165, 1.54) is 0 Å². The fourth-order valence-corrected chi connectivity index (χ4v) is 2.25. The summed E-state index contributed by atoms with van der Waals surface area (Å²) in [6.07, 6.45) is 1.27. The normalized spacial score (nSPS) is 10.8. The van der Waals surface area contributed by atoms with E-state index in [0.717, 1.165) is 0 Å². The summed E-state index contributed by atoms with van der Waals surface area (Å²) in [5.74, 6) is 0.797. The lowest BCUT2D eigenvalue weighted by Gasteiger charge is -2.21. The van der Waals surface area contributed by atoms with E-state index in [2.05, 4.69) is 20.4 Å². The molecule has 0 unspecified atom stereocenters. The van der Waals surface area contributed by atoms with Crippen molar-refractivity contribution in [2.75, 3.05) is 13.1 Å². The molecule has 1 amide bonds. The van der Waals surface area contributed by atoms with Gasteiger partial charge in [-0.1, -0.05) is 0 Å². The smallest absolute Gasteiger partial charge is 0.303 e. The predicted octanol–water partition coefficient (Wildman–Crippen LogP) is 0.938. The van der Waals surface area contributed by atoms with Crippen LogP contribution in [0.3, 0.4) is 0 Å². The highest BCUT2D eigenvalue weighted by Crippen LogP contribution is 2.07. The summed E-state index contributed by atoms with van der Waals surface area (Å²) < 4.78 is 10.6. The van der Waals surface area contributed by atoms with E-state index in [4.69, 9.17) is 13.9 Å². The zero-order valence-corrected chi connectivity index (χ0v) is 14.3. The van der Waals surface area contributed by atoms with Crippen molar-refractivity contribution in [3.8, 4) is 0 Å². The van der Waals surface area contributed by atoms with Crippen molar-refractivity contribution in [1.29, 1.82) is 0 Å². The first-order chi connectivity index (χ1) is 11.9. The third-order valence-electron chi connectivity index (χ3n) is 3.46. The Kier molecular flexibility index (Phi) is 6.61. The molecule has 10 heteroatoms. The molecule has 0 radical (unpaired) electrons. The van der Waals surface area contributed by atoms with Crippen molar-refractivity contribution in [1.82, 2.24) is 25.3 Å². The number of carboxylic acids is 1. The van der Waals surface area contributed by atoms with Crippen LogP contribution in [0.4, 0.5) is 0 Å². The van der Waals surface area contributed by atoms with Crippen molar-refractivity contribution >= 4 is 11.9 Å². The first-order valence-electron chi connectivity index (χ1n) is 8.01. The number of carboxylic acid groups (broad SMARTS) is 1. The van der Waals surface area contributed by atoms with E-state index in [-0.39, 0.29) is 18.7 Å². The number of amides is 1. The number of hydrogen-bond acceptors (Lipinski definition) is 8. The maximum atomic E-state index is 12.4. The highest BCUT2D eigenvalue weighted by atomic mass is 16.4. The second-order valence-electron chi connectivity index (χ2n) is 5.56. The Morgan fingerprint density at radius 3 is 1.84 bits per heavy atom. The number of nitrogens with zero attached hydrogens (tertiary/aromatic N) is 5. The van der Waals surface area contributed by atoms with Crippen molar-refractivity contribution in [3.63, 3.8) is 0 Å². The highest BCUT2D eigenvalue weighted by Gasteiger charge is 2.17.